The van der Waals surface area contributed by atoms with Crippen molar-refractivity contribution in [2.24, 2.45) is 0 Å². The molecule has 0 bridgehead atoms. The summed E-state index contributed by atoms with van der Waals surface area (Å²) in [6.45, 7) is 2.75. The summed E-state index contributed by atoms with van der Waals surface area (Å²) >= 11 is 10.3. The molecule has 4 heteroatoms. The zero-order chi connectivity index (χ0) is 11.4. The zero-order valence-electron chi connectivity index (χ0n) is 9.25. The quantitative estimate of drug-likeness (QED) is 0.647. The SMILES string of the molecule is COc1cc(C)c(Cl)cc1CN(C)CS. The van der Waals surface area contributed by atoms with Gasteiger partial charge >= 0.3 is 0 Å². The molecule has 0 atom stereocenters. The molecule has 1 aromatic rings. The first-order valence-electron chi connectivity index (χ1n) is 4.71. The lowest BCUT2D eigenvalue weighted by molar-refractivity contribution is 0.363. The maximum atomic E-state index is 6.08. The zero-order valence-corrected chi connectivity index (χ0v) is 10.9. The van der Waals surface area contributed by atoms with Gasteiger partial charge in [-0.15, -0.1) is 0 Å². The fraction of sp³-hybridized carbons (Fsp3) is 0.455. The van der Waals surface area contributed by atoms with Gasteiger partial charge in [-0.05, 0) is 31.7 Å². The monoisotopic (exact) mass is 245 g/mol. The van der Waals surface area contributed by atoms with Gasteiger partial charge in [0, 0.05) is 23.0 Å². The number of benzene rings is 1. The van der Waals surface area contributed by atoms with Gasteiger partial charge in [0.2, 0.25) is 0 Å². The van der Waals surface area contributed by atoms with Crippen LogP contribution in [-0.4, -0.2) is 24.9 Å². The van der Waals surface area contributed by atoms with Crippen LogP contribution in [0.4, 0.5) is 0 Å². The van der Waals surface area contributed by atoms with Crippen LogP contribution in [0.2, 0.25) is 5.02 Å². The second kappa shape index (κ2) is 5.64. The lowest BCUT2D eigenvalue weighted by Gasteiger charge is -2.16. The molecule has 0 aromatic heterocycles. The highest BCUT2D eigenvalue weighted by Crippen LogP contribution is 2.27. The molecule has 1 aromatic carbocycles. The van der Waals surface area contributed by atoms with E-state index in [9.17, 15) is 0 Å². The van der Waals surface area contributed by atoms with Crippen LogP contribution < -0.4 is 4.74 Å². The maximum Gasteiger partial charge on any atom is 0.123 e. The Morgan fingerprint density at radius 1 is 1.47 bits per heavy atom. The minimum absolute atomic E-state index is 0.703. The first kappa shape index (κ1) is 12.7. The van der Waals surface area contributed by atoms with Crippen LogP contribution in [0.15, 0.2) is 12.1 Å². The standard InChI is InChI=1S/C11H16ClNOS/c1-8-4-11(14-3)9(5-10(8)12)6-13(2)7-15/h4-5,15H,6-7H2,1-3H3. The van der Waals surface area contributed by atoms with Crippen LogP contribution in [0, 0.1) is 6.92 Å². The fourth-order valence-electron chi connectivity index (χ4n) is 1.35. The third-order valence-corrected chi connectivity index (χ3v) is 3.13. The Bertz CT molecular complexity index is 344. The average Bonchev–Trinajstić information content (AvgIpc) is 2.22. The van der Waals surface area contributed by atoms with Crippen LogP contribution in [0.5, 0.6) is 5.75 Å². The van der Waals surface area contributed by atoms with Gasteiger partial charge in [-0.25, -0.2) is 0 Å². The Morgan fingerprint density at radius 3 is 2.67 bits per heavy atom. The number of rotatable bonds is 4. The predicted molar refractivity (Wildman–Crippen MR) is 68.1 cm³/mol. The number of thiol groups is 1. The molecule has 0 N–H and O–H groups in total. The van der Waals surface area contributed by atoms with Gasteiger partial charge in [0.15, 0.2) is 0 Å². The first-order chi connectivity index (χ1) is 7.08. The van der Waals surface area contributed by atoms with Crippen molar-refractivity contribution in [3.8, 4) is 5.75 Å². The second-order valence-electron chi connectivity index (χ2n) is 3.57. The average molecular weight is 246 g/mol. The second-order valence-corrected chi connectivity index (χ2v) is 4.26. The van der Waals surface area contributed by atoms with E-state index < -0.39 is 0 Å². The number of hydrogen-bond acceptors (Lipinski definition) is 3. The van der Waals surface area contributed by atoms with Crippen molar-refractivity contribution in [1.82, 2.24) is 4.90 Å². The van der Waals surface area contributed by atoms with E-state index in [2.05, 4.69) is 17.5 Å². The summed E-state index contributed by atoms with van der Waals surface area (Å²) < 4.78 is 5.32. The smallest absolute Gasteiger partial charge is 0.123 e. The minimum Gasteiger partial charge on any atom is -0.496 e. The summed E-state index contributed by atoms with van der Waals surface area (Å²) in [5.74, 6) is 1.58. The molecule has 0 amide bonds. The van der Waals surface area contributed by atoms with E-state index in [-0.39, 0.29) is 0 Å². The van der Waals surface area contributed by atoms with Crippen molar-refractivity contribution in [2.75, 3.05) is 20.0 Å². The number of methoxy groups -OCH3 is 1. The summed E-state index contributed by atoms with van der Waals surface area (Å²) in [4.78, 5) is 2.08. The van der Waals surface area contributed by atoms with Crippen LogP contribution in [0.3, 0.4) is 0 Å². The number of halogens is 1. The molecule has 0 unspecified atom stereocenters. The van der Waals surface area contributed by atoms with E-state index in [4.69, 9.17) is 16.3 Å². The molecule has 0 aliphatic carbocycles. The lowest BCUT2D eigenvalue weighted by atomic mass is 10.1. The summed E-state index contributed by atoms with van der Waals surface area (Å²) in [5, 5.41) is 0.776. The molecule has 0 radical (unpaired) electrons. The van der Waals surface area contributed by atoms with Crippen molar-refractivity contribution >= 4 is 24.2 Å². The Hall–Kier alpha value is -0.380. The van der Waals surface area contributed by atoms with Gasteiger partial charge in [0.05, 0.1) is 7.11 Å². The third kappa shape index (κ3) is 3.30. The fourth-order valence-corrected chi connectivity index (χ4v) is 1.64. The van der Waals surface area contributed by atoms with Gasteiger partial charge < -0.3 is 4.74 Å². The summed E-state index contributed by atoms with van der Waals surface area (Å²) in [7, 11) is 3.67. The predicted octanol–water partition coefficient (Wildman–Crippen LogP) is 2.98. The van der Waals surface area contributed by atoms with Crippen LogP contribution >= 0.6 is 24.2 Å². The van der Waals surface area contributed by atoms with E-state index in [1.807, 2.05) is 26.1 Å². The van der Waals surface area contributed by atoms with E-state index in [1.54, 1.807) is 7.11 Å². The molecule has 0 saturated heterocycles. The molecule has 0 fully saturated rings. The highest BCUT2D eigenvalue weighted by atomic mass is 35.5. The van der Waals surface area contributed by atoms with Crippen LogP contribution in [0.1, 0.15) is 11.1 Å². The Labute approximate surface area is 102 Å². The molecule has 0 heterocycles. The number of nitrogens with zero attached hydrogens (tertiary/aromatic N) is 1. The molecule has 1 rings (SSSR count). The Kier molecular flexibility index (Phi) is 4.77. The largest absolute Gasteiger partial charge is 0.496 e. The van der Waals surface area contributed by atoms with Gasteiger partial charge in [-0.2, -0.15) is 12.6 Å². The van der Waals surface area contributed by atoms with Crippen molar-refractivity contribution in [2.45, 2.75) is 13.5 Å². The van der Waals surface area contributed by atoms with Crippen molar-refractivity contribution in [3.05, 3.63) is 28.3 Å². The third-order valence-electron chi connectivity index (χ3n) is 2.24. The molecule has 0 spiro atoms. The van der Waals surface area contributed by atoms with Crippen molar-refractivity contribution < 1.29 is 4.74 Å². The lowest BCUT2D eigenvalue weighted by Crippen LogP contribution is -2.16. The van der Waals surface area contributed by atoms with Gasteiger partial charge in [0.1, 0.15) is 5.75 Å². The topological polar surface area (TPSA) is 12.5 Å². The molecule has 0 aliphatic heterocycles. The molecular weight excluding hydrogens is 230 g/mol. The maximum absolute atomic E-state index is 6.08. The van der Waals surface area contributed by atoms with E-state index in [0.29, 0.717) is 5.88 Å². The van der Waals surface area contributed by atoms with E-state index in [1.165, 1.54) is 0 Å². The minimum atomic E-state index is 0.703. The van der Waals surface area contributed by atoms with Gasteiger partial charge in [-0.3, -0.25) is 4.90 Å². The Morgan fingerprint density at radius 2 is 2.13 bits per heavy atom. The van der Waals surface area contributed by atoms with E-state index >= 15 is 0 Å². The van der Waals surface area contributed by atoms with Crippen molar-refractivity contribution in [1.29, 1.82) is 0 Å². The van der Waals surface area contributed by atoms with Crippen LogP contribution in [0.25, 0.3) is 0 Å². The summed E-state index contributed by atoms with van der Waals surface area (Å²) in [6, 6.07) is 3.92. The number of ether oxygens (including phenoxy) is 1. The summed E-state index contributed by atoms with van der Waals surface area (Å²) in [6.07, 6.45) is 0. The summed E-state index contributed by atoms with van der Waals surface area (Å²) in [5.41, 5.74) is 2.12. The Balaban J connectivity index is 2.99. The number of hydrogen-bond donors (Lipinski definition) is 1. The number of aryl methyl sites for hydroxylation is 1. The molecular formula is C11H16ClNOS. The highest BCUT2D eigenvalue weighted by Gasteiger charge is 2.08. The van der Waals surface area contributed by atoms with E-state index in [0.717, 1.165) is 28.4 Å². The molecule has 0 saturated carbocycles. The molecule has 84 valence electrons. The van der Waals surface area contributed by atoms with Crippen molar-refractivity contribution in [3.63, 3.8) is 0 Å². The first-order valence-corrected chi connectivity index (χ1v) is 5.72. The molecule has 15 heavy (non-hydrogen) atoms. The normalized spacial score (nSPS) is 10.8. The van der Waals surface area contributed by atoms with Crippen LogP contribution in [-0.2, 0) is 6.54 Å². The van der Waals surface area contributed by atoms with Gasteiger partial charge in [0.25, 0.3) is 0 Å². The molecule has 0 aliphatic rings. The highest BCUT2D eigenvalue weighted by molar-refractivity contribution is 7.80. The van der Waals surface area contributed by atoms with Gasteiger partial charge in [-0.1, -0.05) is 11.6 Å². The molecule has 2 nitrogen and oxygen atoms in total.